The van der Waals surface area contributed by atoms with Crippen LogP contribution >= 0.6 is 0 Å². The summed E-state index contributed by atoms with van der Waals surface area (Å²) >= 11 is 0. The average molecular weight is 386 g/mol. The van der Waals surface area contributed by atoms with E-state index in [0.717, 1.165) is 42.1 Å². The third-order valence-electron chi connectivity index (χ3n) is 3.72. The zero-order valence-electron chi connectivity index (χ0n) is 14.3. The number of pyridine rings is 1. The molecule has 3 rings (SSSR count). The number of carbonyl (C=O) groups excluding carboxylic acids is 1. The molecule has 146 valence electrons. The fourth-order valence-electron chi connectivity index (χ4n) is 2.23. The molecule has 1 aliphatic heterocycles. The Balaban J connectivity index is 0.000000321. The number of aryl methyl sites for hydroxylation is 1. The fraction of sp³-hybridized carbons (Fsp3) is 0.375. The van der Waals surface area contributed by atoms with Crippen LogP contribution in [0.4, 0.5) is 13.2 Å². The van der Waals surface area contributed by atoms with Crippen molar-refractivity contribution in [1.82, 2.24) is 20.8 Å². The van der Waals surface area contributed by atoms with Gasteiger partial charge in [-0.2, -0.15) is 13.2 Å². The van der Waals surface area contributed by atoms with E-state index in [1.165, 1.54) is 0 Å². The van der Waals surface area contributed by atoms with E-state index in [9.17, 15) is 18.0 Å². The van der Waals surface area contributed by atoms with Crippen LogP contribution in [-0.4, -0.2) is 39.8 Å². The molecule has 3 heterocycles. The molecule has 8 nitrogen and oxygen atoms in total. The first-order valence-corrected chi connectivity index (χ1v) is 7.85. The number of aliphatic carboxylic acids is 1. The van der Waals surface area contributed by atoms with Crippen molar-refractivity contribution in [2.24, 2.45) is 0 Å². The number of alkyl halides is 3. The molecular formula is C16H17F3N4O4. The van der Waals surface area contributed by atoms with Crippen molar-refractivity contribution in [2.75, 3.05) is 6.54 Å². The molecule has 0 fully saturated rings. The molecule has 27 heavy (non-hydrogen) atoms. The van der Waals surface area contributed by atoms with Gasteiger partial charge in [-0.3, -0.25) is 9.78 Å². The van der Waals surface area contributed by atoms with Crippen molar-refractivity contribution < 1.29 is 32.4 Å². The Morgan fingerprint density at radius 1 is 1.37 bits per heavy atom. The van der Waals surface area contributed by atoms with E-state index in [2.05, 4.69) is 20.8 Å². The van der Waals surface area contributed by atoms with Gasteiger partial charge in [0.15, 0.2) is 0 Å². The summed E-state index contributed by atoms with van der Waals surface area (Å²) in [6, 6.07) is 1.93. The Kier molecular flexibility index (Phi) is 6.50. The molecule has 0 unspecified atom stereocenters. The third kappa shape index (κ3) is 5.78. The van der Waals surface area contributed by atoms with E-state index in [-0.39, 0.29) is 5.91 Å². The van der Waals surface area contributed by atoms with Crippen molar-refractivity contribution in [3.8, 4) is 0 Å². The smallest absolute Gasteiger partial charge is 0.475 e. The summed E-state index contributed by atoms with van der Waals surface area (Å²) in [5.74, 6) is -2.16. The van der Waals surface area contributed by atoms with E-state index in [1.807, 2.05) is 13.0 Å². The Hall–Kier alpha value is -2.95. The monoisotopic (exact) mass is 386 g/mol. The molecule has 1 aliphatic rings. The summed E-state index contributed by atoms with van der Waals surface area (Å²) in [5, 5.41) is 16.9. The number of carboxylic acids is 1. The zero-order chi connectivity index (χ0) is 20.0. The lowest BCUT2D eigenvalue weighted by Crippen LogP contribution is -2.27. The number of hydrogen-bond acceptors (Lipinski definition) is 6. The maximum Gasteiger partial charge on any atom is 0.490 e. The van der Waals surface area contributed by atoms with Crippen LogP contribution < -0.4 is 10.6 Å². The Bertz CT molecular complexity index is 820. The zero-order valence-corrected chi connectivity index (χ0v) is 14.3. The Morgan fingerprint density at radius 2 is 2.07 bits per heavy atom. The summed E-state index contributed by atoms with van der Waals surface area (Å²) in [7, 11) is 0. The highest BCUT2D eigenvalue weighted by molar-refractivity contribution is 5.94. The number of carboxylic acid groups (broad SMARTS) is 1. The maximum absolute atomic E-state index is 12.1. The molecule has 0 saturated heterocycles. The third-order valence-corrected chi connectivity index (χ3v) is 3.72. The van der Waals surface area contributed by atoms with Crippen LogP contribution in [0.15, 0.2) is 23.0 Å². The van der Waals surface area contributed by atoms with Gasteiger partial charge in [0.1, 0.15) is 5.76 Å². The van der Waals surface area contributed by atoms with Crippen LogP contribution in [0.3, 0.4) is 0 Å². The minimum absolute atomic E-state index is 0.126. The van der Waals surface area contributed by atoms with Gasteiger partial charge in [0.05, 0.1) is 17.5 Å². The lowest BCUT2D eigenvalue weighted by Gasteiger charge is -2.16. The number of carbonyl (C=O) groups is 2. The molecule has 2 aromatic rings. The number of fused-ring (bicyclic) bond motifs is 1. The first-order chi connectivity index (χ1) is 12.7. The van der Waals surface area contributed by atoms with Gasteiger partial charge in [0.25, 0.3) is 5.91 Å². The molecular weight excluding hydrogens is 369 g/mol. The molecule has 2 aromatic heterocycles. The summed E-state index contributed by atoms with van der Waals surface area (Å²) in [5.41, 5.74) is 3.66. The normalized spacial score (nSPS) is 13.2. The number of nitrogens with one attached hydrogen (secondary N) is 2. The highest BCUT2D eigenvalue weighted by Gasteiger charge is 2.38. The lowest BCUT2D eigenvalue weighted by molar-refractivity contribution is -0.192. The van der Waals surface area contributed by atoms with Crippen LogP contribution in [0.1, 0.15) is 32.9 Å². The molecule has 0 aliphatic carbocycles. The molecule has 11 heteroatoms. The van der Waals surface area contributed by atoms with Gasteiger partial charge in [0.2, 0.25) is 0 Å². The van der Waals surface area contributed by atoms with Gasteiger partial charge in [-0.1, -0.05) is 5.16 Å². The maximum atomic E-state index is 12.1. The minimum Gasteiger partial charge on any atom is -0.475 e. The van der Waals surface area contributed by atoms with E-state index < -0.39 is 12.1 Å². The number of aromatic nitrogens is 2. The summed E-state index contributed by atoms with van der Waals surface area (Å²) in [4.78, 5) is 25.4. The molecule has 0 aromatic carbocycles. The average Bonchev–Trinajstić information content (AvgIpc) is 3.04. The second kappa shape index (κ2) is 8.62. The van der Waals surface area contributed by atoms with E-state index in [0.29, 0.717) is 12.1 Å². The fourth-order valence-corrected chi connectivity index (χ4v) is 2.23. The van der Waals surface area contributed by atoms with Crippen molar-refractivity contribution in [3.63, 3.8) is 0 Å². The standard InChI is InChI=1S/C14H16N4O2.C2HF3O2/c1-9-12(7-18-20-9)6-17-14(19)11-4-10-2-3-15-8-13(10)16-5-11;3-2(4,5)1(6)7/h4-5,7,15H,2-3,6,8H2,1H3,(H,17,19);(H,6,7). The van der Waals surface area contributed by atoms with Crippen molar-refractivity contribution >= 4 is 11.9 Å². The van der Waals surface area contributed by atoms with Crippen LogP contribution in [0, 0.1) is 6.92 Å². The predicted molar refractivity (Wildman–Crippen MR) is 85.7 cm³/mol. The first-order valence-electron chi connectivity index (χ1n) is 7.85. The van der Waals surface area contributed by atoms with Crippen molar-refractivity contribution in [1.29, 1.82) is 0 Å². The molecule has 0 saturated carbocycles. The highest BCUT2D eigenvalue weighted by atomic mass is 19.4. The van der Waals surface area contributed by atoms with Crippen LogP contribution in [-0.2, 0) is 24.3 Å². The molecule has 0 atom stereocenters. The highest BCUT2D eigenvalue weighted by Crippen LogP contribution is 2.14. The Morgan fingerprint density at radius 3 is 2.67 bits per heavy atom. The van der Waals surface area contributed by atoms with Gasteiger partial charge in [-0.05, 0) is 31.5 Å². The van der Waals surface area contributed by atoms with Crippen LogP contribution in [0.25, 0.3) is 0 Å². The Labute approximate surface area is 151 Å². The minimum atomic E-state index is -5.08. The summed E-state index contributed by atoms with van der Waals surface area (Å²) in [6.07, 6.45) is -0.928. The number of hydrogen-bond donors (Lipinski definition) is 3. The second-order valence-electron chi connectivity index (χ2n) is 5.65. The largest absolute Gasteiger partial charge is 0.490 e. The molecule has 3 N–H and O–H groups in total. The van der Waals surface area contributed by atoms with Crippen LogP contribution in [0.5, 0.6) is 0 Å². The van der Waals surface area contributed by atoms with Gasteiger partial charge in [-0.25, -0.2) is 4.79 Å². The summed E-state index contributed by atoms with van der Waals surface area (Å²) in [6.45, 7) is 3.94. The lowest BCUT2D eigenvalue weighted by atomic mass is 10.0. The van der Waals surface area contributed by atoms with E-state index in [1.54, 1.807) is 12.4 Å². The number of halogens is 3. The van der Waals surface area contributed by atoms with Crippen molar-refractivity contribution in [3.05, 3.63) is 46.6 Å². The predicted octanol–water partition coefficient (Wildman–Crippen LogP) is 1.59. The van der Waals surface area contributed by atoms with E-state index in [4.69, 9.17) is 14.4 Å². The topological polar surface area (TPSA) is 117 Å². The first kappa shape index (κ1) is 20.4. The van der Waals surface area contributed by atoms with Gasteiger partial charge in [-0.15, -0.1) is 0 Å². The van der Waals surface area contributed by atoms with Gasteiger partial charge >= 0.3 is 12.1 Å². The molecule has 0 bridgehead atoms. The molecule has 0 spiro atoms. The number of amides is 1. The summed E-state index contributed by atoms with van der Waals surface area (Å²) < 4.78 is 36.7. The number of nitrogens with zero attached hydrogens (tertiary/aromatic N) is 2. The molecule has 1 amide bonds. The molecule has 0 radical (unpaired) electrons. The number of rotatable bonds is 3. The van der Waals surface area contributed by atoms with E-state index >= 15 is 0 Å². The van der Waals surface area contributed by atoms with Crippen LogP contribution in [0.2, 0.25) is 0 Å². The quantitative estimate of drug-likeness (QED) is 0.733. The SMILES string of the molecule is Cc1oncc1CNC(=O)c1cnc2c(c1)CCNC2.O=C(O)C(F)(F)F. The van der Waals surface area contributed by atoms with Gasteiger partial charge < -0.3 is 20.3 Å². The second-order valence-corrected chi connectivity index (χ2v) is 5.65. The van der Waals surface area contributed by atoms with Gasteiger partial charge in [0, 0.05) is 24.8 Å². The van der Waals surface area contributed by atoms with Crippen molar-refractivity contribution in [2.45, 2.75) is 32.6 Å².